The van der Waals surface area contributed by atoms with Gasteiger partial charge in [0.2, 0.25) is 0 Å². The highest BCUT2D eigenvalue weighted by Gasteiger charge is 2.25. The van der Waals surface area contributed by atoms with Gasteiger partial charge in [-0.2, -0.15) is 0 Å². The highest BCUT2D eigenvalue weighted by molar-refractivity contribution is 5.71. The van der Waals surface area contributed by atoms with Gasteiger partial charge in [0.15, 0.2) is 6.10 Å². The molecule has 0 amide bonds. The van der Waals surface area contributed by atoms with Gasteiger partial charge in [-0.1, -0.05) is 249 Å². The third kappa shape index (κ3) is 53.1. The molecular formula is C61H112NO8+. The van der Waals surface area contributed by atoms with E-state index in [0.29, 0.717) is 17.4 Å². The predicted octanol–water partition coefficient (Wildman–Crippen LogP) is 17.1. The van der Waals surface area contributed by atoms with E-state index >= 15 is 0 Å². The number of quaternary nitrogens is 1. The van der Waals surface area contributed by atoms with Crippen LogP contribution in [0.1, 0.15) is 264 Å². The molecule has 0 saturated heterocycles. The Morgan fingerprint density at radius 3 is 1.21 bits per heavy atom. The Hall–Kier alpha value is -2.75. The first-order chi connectivity index (χ1) is 34.1. The zero-order valence-corrected chi connectivity index (χ0v) is 46.4. The topological polar surface area (TPSA) is 108 Å². The second-order valence-electron chi connectivity index (χ2n) is 20.9. The fourth-order valence-corrected chi connectivity index (χ4v) is 8.36. The number of rotatable bonds is 54. The minimum absolute atomic E-state index is 0.177. The number of hydrogen-bond donors (Lipinski definition) is 1. The number of carboxylic acid groups (broad SMARTS) is 1. The van der Waals surface area contributed by atoms with Gasteiger partial charge in [-0.05, 0) is 51.4 Å². The number of nitrogens with zero attached hydrogens (tertiary/aromatic N) is 1. The van der Waals surface area contributed by atoms with Crippen LogP contribution >= 0.6 is 0 Å². The van der Waals surface area contributed by atoms with Crippen molar-refractivity contribution < 1.29 is 42.9 Å². The molecule has 9 nitrogen and oxygen atoms in total. The number of allylic oxidation sites excluding steroid dienone is 8. The van der Waals surface area contributed by atoms with Crippen LogP contribution in [-0.4, -0.2) is 87.4 Å². The van der Waals surface area contributed by atoms with Crippen molar-refractivity contribution in [1.82, 2.24) is 0 Å². The van der Waals surface area contributed by atoms with E-state index in [4.69, 9.17) is 18.9 Å². The molecule has 0 heterocycles. The Balaban J connectivity index is 3.88. The Bertz CT molecular complexity index is 1290. The van der Waals surface area contributed by atoms with Crippen LogP contribution in [0.5, 0.6) is 0 Å². The highest BCUT2D eigenvalue weighted by Crippen LogP contribution is 2.17. The van der Waals surface area contributed by atoms with Gasteiger partial charge in [0.1, 0.15) is 13.2 Å². The lowest BCUT2D eigenvalue weighted by Gasteiger charge is -2.25. The monoisotopic (exact) mass is 987 g/mol. The number of esters is 2. The van der Waals surface area contributed by atoms with Crippen LogP contribution in [0, 0.1) is 0 Å². The Labute approximate surface area is 432 Å². The lowest BCUT2D eigenvalue weighted by atomic mass is 10.0. The van der Waals surface area contributed by atoms with Crippen molar-refractivity contribution in [3.05, 3.63) is 48.6 Å². The molecule has 0 aliphatic rings. The van der Waals surface area contributed by atoms with Crippen LogP contribution in [-0.2, 0) is 33.3 Å². The Kier molecular flexibility index (Phi) is 50.5. The predicted molar refractivity (Wildman–Crippen MR) is 295 cm³/mol. The molecule has 70 heavy (non-hydrogen) atoms. The molecule has 0 rings (SSSR count). The van der Waals surface area contributed by atoms with Crippen molar-refractivity contribution in [3.63, 3.8) is 0 Å². The summed E-state index contributed by atoms with van der Waals surface area (Å²) in [6.45, 7) is 4.75. The SMILES string of the molecule is CC/C=C\C/C=C\C/C=C\C/C=C\CCCCCCCCCCCCCCCCCCCCCCCCCCC(=O)OC(COC(=O)CCCCCCCCCC)COC(OCC[N+](C)(C)C)C(=O)O. The molecule has 0 saturated carbocycles. The molecule has 0 spiro atoms. The van der Waals surface area contributed by atoms with Crippen LogP contribution in [0.3, 0.4) is 0 Å². The first-order valence-corrected chi connectivity index (χ1v) is 29.3. The van der Waals surface area contributed by atoms with Gasteiger partial charge < -0.3 is 28.5 Å². The summed E-state index contributed by atoms with van der Waals surface area (Å²) in [7, 11) is 5.96. The van der Waals surface area contributed by atoms with Gasteiger partial charge in [-0.15, -0.1) is 0 Å². The molecule has 0 aromatic heterocycles. The van der Waals surface area contributed by atoms with E-state index in [1.165, 1.54) is 173 Å². The number of likely N-dealkylation sites (N-methyl/N-ethyl adjacent to an activating group) is 1. The molecule has 0 fully saturated rings. The maximum atomic E-state index is 12.8. The third-order valence-corrected chi connectivity index (χ3v) is 12.8. The first kappa shape index (κ1) is 67.2. The van der Waals surface area contributed by atoms with E-state index in [2.05, 4.69) is 62.5 Å². The summed E-state index contributed by atoms with van der Waals surface area (Å²) in [6.07, 6.45) is 62.4. The lowest BCUT2D eigenvalue weighted by Crippen LogP contribution is -2.40. The molecule has 9 heteroatoms. The zero-order chi connectivity index (χ0) is 51.3. The van der Waals surface area contributed by atoms with Crippen LogP contribution < -0.4 is 0 Å². The van der Waals surface area contributed by atoms with Crippen molar-refractivity contribution in [1.29, 1.82) is 0 Å². The van der Waals surface area contributed by atoms with Crippen LogP contribution in [0.2, 0.25) is 0 Å². The number of aliphatic carboxylic acids is 1. The molecule has 0 bridgehead atoms. The van der Waals surface area contributed by atoms with Crippen LogP contribution in [0.25, 0.3) is 0 Å². The summed E-state index contributed by atoms with van der Waals surface area (Å²) in [5.41, 5.74) is 0. The molecule has 2 atom stereocenters. The average molecular weight is 988 g/mol. The summed E-state index contributed by atoms with van der Waals surface area (Å²) in [5.74, 6) is -2.00. The molecule has 0 aliphatic heterocycles. The van der Waals surface area contributed by atoms with Gasteiger partial charge in [-0.25, -0.2) is 4.79 Å². The molecule has 0 aromatic carbocycles. The van der Waals surface area contributed by atoms with E-state index in [0.717, 1.165) is 64.2 Å². The van der Waals surface area contributed by atoms with E-state index in [1.807, 2.05) is 21.1 Å². The summed E-state index contributed by atoms with van der Waals surface area (Å²) in [5, 5.41) is 9.65. The quantitative estimate of drug-likeness (QED) is 0.0211. The van der Waals surface area contributed by atoms with Gasteiger partial charge in [0, 0.05) is 12.8 Å². The summed E-state index contributed by atoms with van der Waals surface area (Å²) in [6, 6.07) is 0. The third-order valence-electron chi connectivity index (χ3n) is 12.8. The number of carboxylic acids is 1. The van der Waals surface area contributed by atoms with Crippen molar-refractivity contribution >= 4 is 17.9 Å². The van der Waals surface area contributed by atoms with Gasteiger partial charge in [0.25, 0.3) is 6.29 Å². The number of carbonyl (C=O) groups excluding carboxylic acids is 2. The van der Waals surface area contributed by atoms with E-state index in [1.54, 1.807) is 0 Å². The molecule has 0 aliphatic carbocycles. The van der Waals surface area contributed by atoms with Crippen molar-refractivity contribution in [2.45, 2.75) is 277 Å². The molecule has 1 N–H and O–H groups in total. The van der Waals surface area contributed by atoms with Crippen molar-refractivity contribution in [2.24, 2.45) is 0 Å². The minimum atomic E-state index is -1.50. The zero-order valence-electron chi connectivity index (χ0n) is 46.4. The largest absolute Gasteiger partial charge is 0.477 e. The van der Waals surface area contributed by atoms with Gasteiger partial charge in [0.05, 0.1) is 34.4 Å². The smallest absolute Gasteiger partial charge is 0.361 e. The highest BCUT2D eigenvalue weighted by atomic mass is 16.7. The van der Waals surface area contributed by atoms with Crippen molar-refractivity contribution in [3.8, 4) is 0 Å². The average Bonchev–Trinajstić information content (AvgIpc) is 3.33. The van der Waals surface area contributed by atoms with Crippen LogP contribution in [0.4, 0.5) is 0 Å². The van der Waals surface area contributed by atoms with E-state index in [9.17, 15) is 19.5 Å². The van der Waals surface area contributed by atoms with Crippen LogP contribution in [0.15, 0.2) is 48.6 Å². The Morgan fingerprint density at radius 2 is 0.814 bits per heavy atom. The first-order valence-electron chi connectivity index (χ1n) is 29.3. The number of ether oxygens (including phenoxy) is 4. The van der Waals surface area contributed by atoms with E-state index in [-0.39, 0.29) is 32.2 Å². The lowest BCUT2D eigenvalue weighted by molar-refractivity contribution is -0.870. The molecule has 0 radical (unpaired) electrons. The molecular weight excluding hydrogens is 875 g/mol. The number of hydrogen-bond acceptors (Lipinski definition) is 7. The Morgan fingerprint density at radius 1 is 0.443 bits per heavy atom. The number of unbranched alkanes of at least 4 members (excludes halogenated alkanes) is 31. The van der Waals surface area contributed by atoms with Crippen molar-refractivity contribution in [2.75, 3.05) is 47.5 Å². The second kappa shape index (κ2) is 52.6. The number of carbonyl (C=O) groups is 3. The van der Waals surface area contributed by atoms with Gasteiger partial charge in [-0.3, -0.25) is 9.59 Å². The second-order valence-corrected chi connectivity index (χ2v) is 20.9. The summed E-state index contributed by atoms with van der Waals surface area (Å²) < 4.78 is 22.8. The minimum Gasteiger partial charge on any atom is -0.477 e. The maximum absolute atomic E-state index is 12.8. The standard InChI is InChI=1S/C61H111NO8/c1-6-8-10-12-14-16-17-18-19-20-21-22-23-24-25-26-27-28-29-30-31-32-33-34-35-36-37-38-39-40-41-42-43-44-46-48-50-52-59(64)70-57(56-69-61(60(65)66)67-54-53-62(3,4)5)55-68-58(63)51-49-47-45-15-13-11-9-7-2/h8,10,14,16,18-19,21-22,57,61H,6-7,9,11-13,15,17,20,23-56H2,1-5H3/p+1/b10-8-,16-14-,19-18-,22-21-. The maximum Gasteiger partial charge on any atom is 0.361 e. The summed E-state index contributed by atoms with van der Waals surface area (Å²) >= 11 is 0. The molecule has 2 unspecified atom stereocenters. The van der Waals surface area contributed by atoms with E-state index < -0.39 is 24.3 Å². The fraction of sp³-hybridized carbons (Fsp3) is 0.820. The normalized spacial score (nSPS) is 13.1. The molecule has 0 aromatic rings. The fourth-order valence-electron chi connectivity index (χ4n) is 8.36. The van der Waals surface area contributed by atoms with Gasteiger partial charge >= 0.3 is 17.9 Å². The summed E-state index contributed by atoms with van der Waals surface area (Å²) in [4.78, 5) is 37.1. The molecule has 408 valence electrons.